The largest absolute Gasteiger partial charge is 0.370 e. The van der Waals surface area contributed by atoms with Crippen LogP contribution >= 0.6 is 0 Å². The zero-order valence-electron chi connectivity index (χ0n) is 11.3. The highest BCUT2D eigenvalue weighted by Gasteiger charge is 2.28. The predicted octanol–water partition coefficient (Wildman–Crippen LogP) is 0.775. The zero-order valence-corrected chi connectivity index (χ0v) is 11.3. The molecule has 0 amide bonds. The summed E-state index contributed by atoms with van der Waals surface area (Å²) in [6, 6.07) is 2.38. The molecule has 1 aliphatic carbocycles. The average Bonchev–Trinajstić information content (AvgIpc) is 2.94. The van der Waals surface area contributed by atoms with Crippen LogP contribution in [0.1, 0.15) is 30.9 Å². The summed E-state index contributed by atoms with van der Waals surface area (Å²) in [5, 5.41) is 11.0. The first kappa shape index (κ1) is 13.0. The van der Waals surface area contributed by atoms with Gasteiger partial charge in [0.05, 0.1) is 6.20 Å². The Labute approximate surface area is 117 Å². The van der Waals surface area contributed by atoms with Gasteiger partial charge in [-0.1, -0.05) is 5.21 Å². The van der Waals surface area contributed by atoms with Gasteiger partial charge in [0.2, 0.25) is 0 Å². The Kier molecular flexibility index (Phi) is 3.87. The summed E-state index contributed by atoms with van der Waals surface area (Å²) in [5.41, 5.74) is 6.91. The molecule has 2 aromatic heterocycles. The Morgan fingerprint density at radius 2 is 2.25 bits per heavy atom. The van der Waals surface area contributed by atoms with E-state index in [9.17, 15) is 0 Å². The van der Waals surface area contributed by atoms with E-state index >= 15 is 0 Å². The van der Waals surface area contributed by atoms with Gasteiger partial charge in [0.1, 0.15) is 12.1 Å². The molecule has 0 spiro atoms. The van der Waals surface area contributed by atoms with Crippen molar-refractivity contribution in [1.82, 2.24) is 25.0 Å². The molecule has 0 radical (unpaired) electrons. The molecule has 3 rings (SSSR count). The second-order valence-corrected chi connectivity index (χ2v) is 5.20. The maximum atomic E-state index is 5.82. The first-order chi connectivity index (χ1) is 9.81. The third kappa shape index (κ3) is 3.11. The topological polar surface area (TPSA) is 94.5 Å². The van der Waals surface area contributed by atoms with E-state index in [1.807, 2.05) is 16.9 Å². The van der Waals surface area contributed by atoms with Gasteiger partial charge in [-0.05, 0) is 19.3 Å². The molecule has 1 aliphatic rings. The average molecular weight is 273 g/mol. The van der Waals surface area contributed by atoms with Gasteiger partial charge < -0.3 is 11.1 Å². The van der Waals surface area contributed by atoms with E-state index in [-0.39, 0.29) is 0 Å². The number of hydrogen-bond donors (Lipinski definition) is 2. The molecule has 2 heterocycles. The third-order valence-electron chi connectivity index (χ3n) is 3.62. The van der Waals surface area contributed by atoms with E-state index in [4.69, 9.17) is 5.73 Å². The lowest BCUT2D eigenvalue weighted by Crippen LogP contribution is -2.35. The quantitative estimate of drug-likeness (QED) is 0.755. The van der Waals surface area contributed by atoms with Gasteiger partial charge in [-0.15, -0.1) is 5.10 Å². The minimum absolute atomic E-state index is 0.342. The standard InChI is InChI=1S/C13H19N7/c14-11-6-10(7-11)12-8-13(17-9-16-12)15-2-1-4-20-5-3-18-19-20/h3,5,8-11H,1-2,4,6-7,14H2,(H,15,16,17). The van der Waals surface area contributed by atoms with Crippen molar-refractivity contribution in [3.8, 4) is 0 Å². The van der Waals surface area contributed by atoms with Crippen LogP contribution in [0.3, 0.4) is 0 Å². The number of aryl methyl sites for hydroxylation is 1. The van der Waals surface area contributed by atoms with Gasteiger partial charge in [0.15, 0.2) is 0 Å². The maximum absolute atomic E-state index is 5.82. The second kappa shape index (κ2) is 5.96. The molecule has 0 bridgehead atoms. The van der Waals surface area contributed by atoms with Gasteiger partial charge in [-0.3, -0.25) is 4.68 Å². The van der Waals surface area contributed by atoms with E-state index in [2.05, 4.69) is 25.6 Å². The number of hydrogen-bond acceptors (Lipinski definition) is 6. The predicted molar refractivity (Wildman–Crippen MR) is 75.1 cm³/mol. The van der Waals surface area contributed by atoms with Crippen LogP contribution in [-0.2, 0) is 6.54 Å². The van der Waals surface area contributed by atoms with Crippen molar-refractivity contribution in [3.63, 3.8) is 0 Å². The van der Waals surface area contributed by atoms with Crippen LogP contribution < -0.4 is 11.1 Å². The minimum Gasteiger partial charge on any atom is -0.370 e. The highest BCUT2D eigenvalue weighted by Crippen LogP contribution is 2.34. The number of rotatable bonds is 6. The molecule has 7 nitrogen and oxygen atoms in total. The summed E-state index contributed by atoms with van der Waals surface area (Å²) in [6.45, 7) is 1.70. The van der Waals surface area contributed by atoms with Crippen molar-refractivity contribution in [2.45, 2.75) is 37.8 Å². The normalized spacial score (nSPS) is 21.4. The third-order valence-corrected chi connectivity index (χ3v) is 3.62. The molecule has 1 fully saturated rings. The molecule has 7 heteroatoms. The highest BCUT2D eigenvalue weighted by atomic mass is 15.4. The van der Waals surface area contributed by atoms with E-state index < -0.39 is 0 Å². The first-order valence-electron chi connectivity index (χ1n) is 6.97. The number of nitrogens with one attached hydrogen (secondary N) is 1. The van der Waals surface area contributed by atoms with E-state index in [1.54, 1.807) is 12.5 Å². The molecule has 0 atom stereocenters. The summed E-state index contributed by atoms with van der Waals surface area (Å²) in [7, 11) is 0. The first-order valence-corrected chi connectivity index (χ1v) is 6.97. The van der Waals surface area contributed by atoms with Gasteiger partial charge in [-0.2, -0.15) is 0 Å². The summed E-state index contributed by atoms with van der Waals surface area (Å²) < 4.78 is 1.82. The molecule has 2 aromatic rings. The fourth-order valence-corrected chi connectivity index (χ4v) is 2.41. The molecule has 0 aliphatic heterocycles. The van der Waals surface area contributed by atoms with Crippen molar-refractivity contribution in [3.05, 3.63) is 30.5 Å². The van der Waals surface area contributed by atoms with Crippen molar-refractivity contribution < 1.29 is 0 Å². The van der Waals surface area contributed by atoms with E-state index in [1.165, 1.54) is 0 Å². The molecule has 0 unspecified atom stereocenters. The molecular formula is C13H19N7. The monoisotopic (exact) mass is 273 g/mol. The van der Waals surface area contributed by atoms with Crippen molar-refractivity contribution in [2.24, 2.45) is 5.73 Å². The van der Waals surface area contributed by atoms with Crippen LogP contribution in [0.5, 0.6) is 0 Å². The van der Waals surface area contributed by atoms with Crippen LogP contribution in [-0.4, -0.2) is 37.5 Å². The van der Waals surface area contributed by atoms with E-state index in [0.29, 0.717) is 12.0 Å². The Balaban J connectivity index is 1.46. The number of anilines is 1. The van der Waals surface area contributed by atoms with Crippen molar-refractivity contribution in [2.75, 3.05) is 11.9 Å². The minimum atomic E-state index is 0.342. The molecule has 20 heavy (non-hydrogen) atoms. The summed E-state index contributed by atoms with van der Waals surface area (Å²) in [4.78, 5) is 8.58. The summed E-state index contributed by atoms with van der Waals surface area (Å²) >= 11 is 0. The SMILES string of the molecule is NC1CC(c2cc(NCCCn3ccnn3)ncn2)C1. The van der Waals surface area contributed by atoms with Crippen LogP contribution in [0, 0.1) is 0 Å². The van der Waals surface area contributed by atoms with Gasteiger partial charge in [-0.25, -0.2) is 9.97 Å². The molecule has 3 N–H and O–H groups in total. The summed E-state index contributed by atoms with van der Waals surface area (Å²) in [5.74, 6) is 1.39. The van der Waals surface area contributed by atoms with Crippen LogP contribution in [0.25, 0.3) is 0 Å². The molecular weight excluding hydrogens is 254 g/mol. The van der Waals surface area contributed by atoms with Gasteiger partial charge >= 0.3 is 0 Å². The molecule has 1 saturated carbocycles. The van der Waals surface area contributed by atoms with E-state index in [0.717, 1.165) is 43.9 Å². The van der Waals surface area contributed by atoms with Crippen LogP contribution in [0.4, 0.5) is 5.82 Å². The van der Waals surface area contributed by atoms with Crippen LogP contribution in [0.2, 0.25) is 0 Å². The summed E-state index contributed by atoms with van der Waals surface area (Å²) in [6.07, 6.45) is 8.21. The number of nitrogens with two attached hydrogens (primary N) is 1. The lowest BCUT2D eigenvalue weighted by molar-refractivity contribution is 0.345. The highest BCUT2D eigenvalue weighted by molar-refractivity contribution is 5.36. The van der Waals surface area contributed by atoms with Crippen molar-refractivity contribution >= 4 is 5.82 Å². The molecule has 106 valence electrons. The Morgan fingerprint density at radius 3 is 3.00 bits per heavy atom. The van der Waals surface area contributed by atoms with Gasteiger partial charge in [0.25, 0.3) is 0 Å². The molecule has 0 aromatic carbocycles. The number of nitrogens with zero attached hydrogens (tertiary/aromatic N) is 5. The van der Waals surface area contributed by atoms with Crippen molar-refractivity contribution in [1.29, 1.82) is 0 Å². The van der Waals surface area contributed by atoms with Crippen LogP contribution in [0.15, 0.2) is 24.8 Å². The fraction of sp³-hybridized carbons (Fsp3) is 0.538. The maximum Gasteiger partial charge on any atom is 0.129 e. The fourth-order valence-electron chi connectivity index (χ4n) is 2.41. The molecule has 0 saturated heterocycles. The Morgan fingerprint density at radius 1 is 1.35 bits per heavy atom. The zero-order chi connectivity index (χ0) is 13.8. The lowest BCUT2D eigenvalue weighted by atomic mass is 9.79. The Hall–Kier alpha value is -2.02. The number of aromatic nitrogens is 5. The smallest absolute Gasteiger partial charge is 0.129 e. The Bertz CT molecular complexity index is 533. The lowest BCUT2D eigenvalue weighted by Gasteiger charge is -2.31. The van der Waals surface area contributed by atoms with Gasteiger partial charge in [0, 0.05) is 43.0 Å². The second-order valence-electron chi connectivity index (χ2n) is 5.20.